The summed E-state index contributed by atoms with van der Waals surface area (Å²) in [7, 11) is 1.59. The van der Waals surface area contributed by atoms with Crippen molar-refractivity contribution in [3.63, 3.8) is 0 Å². The zero-order chi connectivity index (χ0) is 27.0. The van der Waals surface area contributed by atoms with Crippen LogP contribution in [0.3, 0.4) is 0 Å². The van der Waals surface area contributed by atoms with Gasteiger partial charge < -0.3 is 14.5 Å². The van der Waals surface area contributed by atoms with Gasteiger partial charge in [0, 0.05) is 12.0 Å². The van der Waals surface area contributed by atoms with Crippen LogP contribution in [-0.2, 0) is 4.79 Å². The summed E-state index contributed by atoms with van der Waals surface area (Å²) in [5.74, 6) is 1.54. The number of imidazole rings is 1. The number of H-pyrrole nitrogens is 1. The van der Waals surface area contributed by atoms with Crippen LogP contribution in [0.4, 0.5) is 0 Å². The molecule has 1 aromatic heterocycles. The SMILES string of the molecule is CCCCCCCCCCCCCCCCCC(=O)Oc1ccc(-c2nc3ccc(C)cc3[nH]2)cc1OC. The molecule has 0 fully saturated rings. The van der Waals surface area contributed by atoms with Crippen molar-refractivity contribution < 1.29 is 14.3 Å². The summed E-state index contributed by atoms with van der Waals surface area (Å²) in [5.41, 5.74) is 3.99. The Hall–Kier alpha value is -2.82. The maximum absolute atomic E-state index is 12.4. The highest BCUT2D eigenvalue weighted by Crippen LogP contribution is 2.33. The monoisotopic (exact) mass is 520 g/mol. The molecule has 0 unspecified atom stereocenters. The Balaban J connectivity index is 1.28. The third-order valence-corrected chi connectivity index (χ3v) is 7.28. The minimum absolute atomic E-state index is 0.204. The van der Waals surface area contributed by atoms with Gasteiger partial charge in [0.1, 0.15) is 5.82 Å². The number of hydrogen-bond acceptors (Lipinski definition) is 4. The van der Waals surface area contributed by atoms with Crippen molar-refractivity contribution in [1.82, 2.24) is 9.97 Å². The van der Waals surface area contributed by atoms with E-state index in [1.54, 1.807) is 13.2 Å². The fourth-order valence-corrected chi connectivity index (χ4v) is 4.97. The highest BCUT2D eigenvalue weighted by atomic mass is 16.6. The van der Waals surface area contributed by atoms with Gasteiger partial charge in [-0.2, -0.15) is 0 Å². The quantitative estimate of drug-likeness (QED) is 0.0970. The van der Waals surface area contributed by atoms with E-state index in [9.17, 15) is 4.79 Å². The number of fused-ring (bicyclic) bond motifs is 1. The maximum Gasteiger partial charge on any atom is 0.311 e. The molecule has 0 bridgehead atoms. The van der Waals surface area contributed by atoms with E-state index in [0.717, 1.165) is 35.3 Å². The van der Waals surface area contributed by atoms with Crippen molar-refractivity contribution in [3.8, 4) is 22.9 Å². The van der Waals surface area contributed by atoms with Crippen LogP contribution in [0.5, 0.6) is 11.5 Å². The average molecular weight is 521 g/mol. The van der Waals surface area contributed by atoms with Gasteiger partial charge in [-0.3, -0.25) is 4.79 Å². The first kappa shape index (κ1) is 29.7. The smallest absolute Gasteiger partial charge is 0.311 e. The molecule has 0 atom stereocenters. The number of carbonyl (C=O) groups is 1. The number of hydrogen-bond donors (Lipinski definition) is 1. The number of aromatic nitrogens is 2. The van der Waals surface area contributed by atoms with Crippen molar-refractivity contribution in [1.29, 1.82) is 0 Å². The summed E-state index contributed by atoms with van der Waals surface area (Å²) in [5, 5.41) is 0. The Morgan fingerprint density at radius 3 is 1.97 bits per heavy atom. The van der Waals surface area contributed by atoms with Gasteiger partial charge in [-0.25, -0.2) is 4.98 Å². The van der Waals surface area contributed by atoms with Crippen molar-refractivity contribution in [2.75, 3.05) is 7.11 Å². The number of carbonyl (C=O) groups excluding carboxylic acids is 1. The van der Waals surface area contributed by atoms with Crippen LogP contribution in [0, 0.1) is 6.92 Å². The van der Waals surface area contributed by atoms with Gasteiger partial charge in [0.15, 0.2) is 11.5 Å². The second-order valence-electron chi connectivity index (χ2n) is 10.6. The van der Waals surface area contributed by atoms with Crippen molar-refractivity contribution in [2.45, 2.75) is 117 Å². The molecule has 1 heterocycles. The molecule has 38 heavy (non-hydrogen) atoms. The molecule has 0 spiro atoms. The molecule has 0 aliphatic carbocycles. The predicted octanol–water partition coefficient (Wildman–Crippen LogP) is 9.71. The van der Waals surface area contributed by atoms with E-state index in [-0.39, 0.29) is 5.97 Å². The van der Waals surface area contributed by atoms with Crippen LogP contribution in [0.2, 0.25) is 0 Å². The molecule has 3 aromatic rings. The van der Waals surface area contributed by atoms with Gasteiger partial charge in [-0.15, -0.1) is 0 Å². The molecular weight excluding hydrogens is 472 g/mol. The normalized spacial score (nSPS) is 11.2. The number of rotatable bonds is 19. The predicted molar refractivity (Wildman–Crippen MR) is 158 cm³/mol. The van der Waals surface area contributed by atoms with Crippen LogP contribution in [0.1, 0.15) is 115 Å². The van der Waals surface area contributed by atoms with Crippen molar-refractivity contribution >= 4 is 17.0 Å². The number of nitrogens with zero attached hydrogens (tertiary/aromatic N) is 1. The fourth-order valence-electron chi connectivity index (χ4n) is 4.97. The van der Waals surface area contributed by atoms with Crippen molar-refractivity contribution in [2.24, 2.45) is 0 Å². The second kappa shape index (κ2) is 16.9. The highest BCUT2D eigenvalue weighted by molar-refractivity contribution is 5.80. The van der Waals surface area contributed by atoms with Crippen LogP contribution >= 0.6 is 0 Å². The molecule has 5 nitrogen and oxygen atoms in total. The molecule has 1 N–H and O–H groups in total. The Labute approximate surface area is 229 Å². The topological polar surface area (TPSA) is 64.2 Å². The Morgan fingerprint density at radius 1 is 0.763 bits per heavy atom. The molecule has 0 saturated carbocycles. The zero-order valence-electron chi connectivity index (χ0n) is 23.9. The first-order valence-corrected chi connectivity index (χ1v) is 15.0. The number of aryl methyl sites for hydroxylation is 1. The molecule has 0 aliphatic rings. The number of unbranched alkanes of at least 4 members (excludes halogenated alkanes) is 14. The third kappa shape index (κ3) is 10.2. The number of methoxy groups -OCH3 is 1. The van der Waals surface area contributed by atoms with Gasteiger partial charge in [0.05, 0.1) is 18.1 Å². The lowest BCUT2D eigenvalue weighted by molar-refractivity contribution is -0.134. The summed E-state index contributed by atoms with van der Waals surface area (Å²) in [6.45, 7) is 4.34. The van der Waals surface area contributed by atoms with Crippen LogP contribution in [-0.4, -0.2) is 23.0 Å². The molecule has 0 amide bonds. The van der Waals surface area contributed by atoms with Gasteiger partial charge in [-0.05, 0) is 49.2 Å². The Kier molecular flexibility index (Phi) is 13.2. The lowest BCUT2D eigenvalue weighted by Crippen LogP contribution is -2.08. The van der Waals surface area contributed by atoms with E-state index in [0.29, 0.717) is 17.9 Å². The number of benzene rings is 2. The molecule has 3 rings (SSSR count). The van der Waals surface area contributed by atoms with Gasteiger partial charge in [0.2, 0.25) is 0 Å². The number of aromatic amines is 1. The highest BCUT2D eigenvalue weighted by Gasteiger charge is 2.13. The maximum atomic E-state index is 12.4. The van der Waals surface area contributed by atoms with Crippen LogP contribution < -0.4 is 9.47 Å². The molecule has 0 saturated heterocycles. The fraction of sp³-hybridized carbons (Fsp3) is 0.576. The van der Waals surface area contributed by atoms with E-state index in [4.69, 9.17) is 9.47 Å². The lowest BCUT2D eigenvalue weighted by Gasteiger charge is -2.10. The third-order valence-electron chi connectivity index (χ3n) is 7.28. The minimum Gasteiger partial charge on any atom is -0.493 e. The largest absolute Gasteiger partial charge is 0.493 e. The molecule has 208 valence electrons. The summed E-state index contributed by atoms with van der Waals surface area (Å²) in [6, 6.07) is 11.7. The summed E-state index contributed by atoms with van der Waals surface area (Å²) in [4.78, 5) is 20.5. The van der Waals surface area contributed by atoms with Crippen LogP contribution in [0.15, 0.2) is 36.4 Å². The summed E-state index contributed by atoms with van der Waals surface area (Å²) >= 11 is 0. The molecule has 0 aliphatic heterocycles. The van der Waals surface area contributed by atoms with E-state index < -0.39 is 0 Å². The van der Waals surface area contributed by atoms with E-state index in [2.05, 4.69) is 35.9 Å². The first-order valence-electron chi connectivity index (χ1n) is 15.0. The van der Waals surface area contributed by atoms with Crippen molar-refractivity contribution in [3.05, 3.63) is 42.0 Å². The molecule has 5 heteroatoms. The number of nitrogens with one attached hydrogen (secondary N) is 1. The Bertz CT molecular complexity index is 1100. The van der Waals surface area contributed by atoms with E-state index >= 15 is 0 Å². The van der Waals surface area contributed by atoms with E-state index in [1.807, 2.05) is 18.2 Å². The zero-order valence-corrected chi connectivity index (χ0v) is 23.9. The first-order chi connectivity index (χ1) is 18.6. The lowest BCUT2D eigenvalue weighted by atomic mass is 10.0. The van der Waals surface area contributed by atoms with Gasteiger partial charge in [0.25, 0.3) is 0 Å². The standard InChI is InChI=1S/C33H48N2O3/c1-4-5-6-7-8-9-10-11-12-13-14-15-16-17-18-19-32(36)38-30-23-21-27(25-31(30)37-3)33-34-28-22-20-26(2)24-29(28)35-33/h20-25H,4-19H2,1-3H3,(H,34,35). The summed E-state index contributed by atoms with van der Waals surface area (Å²) < 4.78 is 11.1. The minimum atomic E-state index is -0.204. The molecule has 2 aromatic carbocycles. The van der Waals surface area contributed by atoms with E-state index in [1.165, 1.54) is 89.0 Å². The Morgan fingerprint density at radius 2 is 1.37 bits per heavy atom. The average Bonchev–Trinajstić information content (AvgIpc) is 3.34. The van der Waals surface area contributed by atoms with Gasteiger partial charge in [-0.1, -0.05) is 103 Å². The molecular formula is C33H48N2O3. The van der Waals surface area contributed by atoms with Crippen LogP contribution in [0.25, 0.3) is 22.4 Å². The molecule has 0 radical (unpaired) electrons. The number of ether oxygens (including phenoxy) is 2. The summed E-state index contributed by atoms with van der Waals surface area (Å²) in [6.07, 6.45) is 20.1. The second-order valence-corrected chi connectivity index (χ2v) is 10.6. The number of esters is 1. The van der Waals surface area contributed by atoms with Gasteiger partial charge >= 0.3 is 5.97 Å².